The number of nitrogens with zero attached hydrogens (tertiary/aromatic N) is 2. The number of unbranched alkanes of at least 4 members (excludes halogenated alkanes) is 1. The molecule has 2 rings (SSSR count). The third kappa shape index (κ3) is 6.93. The third-order valence-corrected chi connectivity index (χ3v) is 11.0. The first-order chi connectivity index (χ1) is 13.7. The van der Waals surface area contributed by atoms with Gasteiger partial charge in [-0.05, 0) is 78.1 Å². The lowest BCUT2D eigenvalue weighted by atomic mass is 10.4. The lowest BCUT2D eigenvalue weighted by Gasteiger charge is -2.32. The average molecular weight is 417 g/mol. The summed E-state index contributed by atoms with van der Waals surface area (Å²) in [5.74, 6) is 0. The second kappa shape index (κ2) is 13.4. The minimum atomic E-state index is -0.200. The summed E-state index contributed by atoms with van der Waals surface area (Å²) in [4.78, 5) is 0. The van der Waals surface area contributed by atoms with Crippen LogP contribution >= 0.6 is 16.1 Å². The van der Waals surface area contributed by atoms with Gasteiger partial charge in [0.15, 0.2) is 0 Å². The summed E-state index contributed by atoms with van der Waals surface area (Å²) in [7, 11) is -0.400. The van der Waals surface area contributed by atoms with Crippen molar-refractivity contribution in [3.05, 3.63) is 60.7 Å². The van der Waals surface area contributed by atoms with Gasteiger partial charge in [0.05, 0.1) is 0 Å². The molecule has 0 fully saturated rings. The van der Waals surface area contributed by atoms with Crippen molar-refractivity contribution in [2.24, 2.45) is 0 Å². The molecule has 2 nitrogen and oxygen atoms in total. The van der Waals surface area contributed by atoms with Gasteiger partial charge in [0.2, 0.25) is 0 Å². The van der Waals surface area contributed by atoms with Gasteiger partial charge in [-0.3, -0.25) is 9.34 Å². The Bertz CT molecular complexity index is 570. The van der Waals surface area contributed by atoms with E-state index in [-0.39, 0.29) is 16.1 Å². The Hall–Kier alpha value is -0.780. The number of hydrogen-bond donors (Lipinski definition) is 0. The Balaban J connectivity index is 1.99. The zero-order valence-electron chi connectivity index (χ0n) is 18.2. The molecule has 0 aliphatic carbocycles. The van der Waals surface area contributed by atoms with Crippen molar-refractivity contribution >= 4 is 26.8 Å². The summed E-state index contributed by atoms with van der Waals surface area (Å²) in [6.07, 6.45) is 5.28. The summed E-state index contributed by atoms with van der Waals surface area (Å²) < 4.78 is 5.35. The Morgan fingerprint density at radius 1 is 0.536 bits per heavy atom. The SMILES string of the molecule is CCN(CC)P(CCCCP(c1ccccc1)N(CC)CC)c1ccccc1. The molecule has 0 aromatic heterocycles. The van der Waals surface area contributed by atoms with E-state index in [1.54, 1.807) is 0 Å². The number of benzene rings is 2. The van der Waals surface area contributed by atoms with Gasteiger partial charge in [-0.2, -0.15) is 0 Å². The molecule has 2 unspecified atom stereocenters. The smallest absolute Gasteiger partial charge is 0.000485 e. The molecule has 0 saturated heterocycles. The monoisotopic (exact) mass is 416 g/mol. The van der Waals surface area contributed by atoms with Crippen molar-refractivity contribution in [1.29, 1.82) is 0 Å². The van der Waals surface area contributed by atoms with Gasteiger partial charge in [-0.25, -0.2) is 0 Å². The van der Waals surface area contributed by atoms with Gasteiger partial charge in [-0.1, -0.05) is 88.4 Å². The molecule has 154 valence electrons. The van der Waals surface area contributed by atoms with E-state index >= 15 is 0 Å². The van der Waals surface area contributed by atoms with Crippen molar-refractivity contribution < 1.29 is 0 Å². The molecule has 0 saturated carbocycles. The molecule has 0 radical (unpaired) electrons. The van der Waals surface area contributed by atoms with Crippen molar-refractivity contribution in [2.45, 2.75) is 40.5 Å². The Morgan fingerprint density at radius 2 is 0.857 bits per heavy atom. The molecule has 0 amide bonds. The fourth-order valence-electron chi connectivity index (χ4n) is 3.72. The van der Waals surface area contributed by atoms with Gasteiger partial charge in [0, 0.05) is 0 Å². The maximum atomic E-state index is 2.68. The summed E-state index contributed by atoms with van der Waals surface area (Å²) >= 11 is 0. The van der Waals surface area contributed by atoms with E-state index in [9.17, 15) is 0 Å². The molecule has 28 heavy (non-hydrogen) atoms. The Kier molecular flexibility index (Phi) is 11.3. The van der Waals surface area contributed by atoms with Gasteiger partial charge >= 0.3 is 0 Å². The molecule has 0 bridgehead atoms. The summed E-state index contributed by atoms with van der Waals surface area (Å²) in [5, 5.41) is 3.07. The maximum absolute atomic E-state index is 2.68. The molecule has 4 heteroatoms. The standard InChI is InChI=1S/C24H38N2P2/c1-5-25(6-2)27(23-17-11-9-12-18-23)21-15-16-22-28(26(7-3)8-4)24-19-13-10-14-20-24/h9-14,17-20H,5-8,15-16,21-22H2,1-4H3. The fourth-order valence-corrected chi connectivity index (χ4v) is 8.90. The molecule has 0 heterocycles. The highest BCUT2D eigenvalue weighted by molar-refractivity contribution is 7.63. The maximum Gasteiger partial charge on any atom is -0.000485 e. The number of hydrogen-bond acceptors (Lipinski definition) is 2. The molecular formula is C24H38N2P2. The van der Waals surface area contributed by atoms with Crippen LogP contribution in [0.15, 0.2) is 60.7 Å². The highest BCUT2D eigenvalue weighted by Crippen LogP contribution is 2.42. The first kappa shape index (κ1) is 23.5. The predicted molar refractivity (Wildman–Crippen MR) is 131 cm³/mol. The largest absolute Gasteiger partial charge is 0.279 e. The lowest BCUT2D eigenvalue weighted by Crippen LogP contribution is -2.25. The van der Waals surface area contributed by atoms with Crippen molar-refractivity contribution in [2.75, 3.05) is 38.5 Å². The van der Waals surface area contributed by atoms with Gasteiger partial charge in [0.1, 0.15) is 0 Å². The predicted octanol–water partition coefficient (Wildman–Crippen LogP) is 5.90. The van der Waals surface area contributed by atoms with Crippen molar-refractivity contribution in [3.8, 4) is 0 Å². The molecule has 0 N–H and O–H groups in total. The van der Waals surface area contributed by atoms with Gasteiger partial charge < -0.3 is 0 Å². The third-order valence-electron chi connectivity index (χ3n) is 5.24. The summed E-state index contributed by atoms with van der Waals surface area (Å²) in [6.45, 7) is 13.8. The van der Waals surface area contributed by atoms with Crippen LogP contribution in [-0.4, -0.2) is 47.8 Å². The Labute approximate surface area is 175 Å². The van der Waals surface area contributed by atoms with E-state index < -0.39 is 0 Å². The summed E-state index contributed by atoms with van der Waals surface area (Å²) in [5.41, 5.74) is 0. The van der Waals surface area contributed by atoms with E-state index in [1.165, 1.54) is 35.8 Å². The molecule has 0 spiro atoms. The highest BCUT2D eigenvalue weighted by atomic mass is 31.1. The van der Waals surface area contributed by atoms with Crippen LogP contribution in [0.1, 0.15) is 40.5 Å². The topological polar surface area (TPSA) is 6.48 Å². The minimum Gasteiger partial charge on any atom is -0.279 e. The molecule has 2 aromatic rings. The summed E-state index contributed by atoms with van der Waals surface area (Å²) in [6, 6.07) is 22.4. The molecular weight excluding hydrogens is 378 g/mol. The van der Waals surface area contributed by atoms with Crippen LogP contribution in [-0.2, 0) is 0 Å². The van der Waals surface area contributed by atoms with Crippen LogP contribution in [0.25, 0.3) is 0 Å². The van der Waals surface area contributed by atoms with Crippen LogP contribution in [0.3, 0.4) is 0 Å². The second-order valence-corrected chi connectivity index (χ2v) is 11.6. The van der Waals surface area contributed by atoms with E-state index in [1.807, 2.05) is 0 Å². The normalized spacial score (nSPS) is 13.8. The van der Waals surface area contributed by atoms with Crippen molar-refractivity contribution in [3.63, 3.8) is 0 Å². The van der Waals surface area contributed by atoms with Crippen LogP contribution in [0, 0.1) is 0 Å². The van der Waals surface area contributed by atoms with E-state index in [4.69, 9.17) is 0 Å². The van der Waals surface area contributed by atoms with Crippen molar-refractivity contribution in [1.82, 2.24) is 9.34 Å². The van der Waals surface area contributed by atoms with E-state index in [0.29, 0.717) is 0 Å². The molecule has 0 aliphatic heterocycles. The van der Waals surface area contributed by atoms with Crippen LogP contribution in [0.2, 0.25) is 0 Å². The van der Waals surface area contributed by atoms with Gasteiger partial charge in [0.25, 0.3) is 0 Å². The van der Waals surface area contributed by atoms with Crippen LogP contribution in [0.4, 0.5) is 0 Å². The van der Waals surface area contributed by atoms with Crippen LogP contribution < -0.4 is 10.6 Å². The molecule has 0 aliphatic rings. The quantitative estimate of drug-likeness (QED) is 0.296. The zero-order chi connectivity index (χ0) is 20.2. The number of rotatable bonds is 13. The lowest BCUT2D eigenvalue weighted by molar-refractivity contribution is 0.506. The van der Waals surface area contributed by atoms with Crippen LogP contribution in [0.5, 0.6) is 0 Å². The zero-order valence-corrected chi connectivity index (χ0v) is 20.0. The molecule has 2 aromatic carbocycles. The second-order valence-electron chi connectivity index (χ2n) is 6.90. The molecule has 2 atom stereocenters. The Morgan fingerprint density at radius 3 is 1.14 bits per heavy atom. The van der Waals surface area contributed by atoms with E-state index in [2.05, 4.69) is 97.7 Å². The minimum absolute atomic E-state index is 0.200. The first-order valence-electron chi connectivity index (χ1n) is 10.9. The fraction of sp³-hybridized carbons (Fsp3) is 0.500. The first-order valence-corrected chi connectivity index (χ1v) is 13.9. The average Bonchev–Trinajstić information content (AvgIpc) is 2.76. The van der Waals surface area contributed by atoms with E-state index in [0.717, 1.165) is 26.2 Å². The van der Waals surface area contributed by atoms with Gasteiger partial charge in [-0.15, -0.1) is 0 Å². The highest BCUT2D eigenvalue weighted by Gasteiger charge is 2.19.